The molecule has 1 saturated heterocycles. The summed E-state index contributed by atoms with van der Waals surface area (Å²) in [4.78, 5) is 19.5. The van der Waals surface area contributed by atoms with E-state index in [1.165, 1.54) is 12.1 Å². The average molecular weight is 350 g/mol. The highest BCUT2D eigenvalue weighted by atomic mass is 19.1. The fourth-order valence-electron chi connectivity index (χ4n) is 3.20. The summed E-state index contributed by atoms with van der Waals surface area (Å²) in [5, 5.41) is 3.08. The molecule has 7 heteroatoms. The molecule has 6 nitrogen and oxygen atoms in total. The highest BCUT2D eigenvalue weighted by Gasteiger charge is 2.25. The van der Waals surface area contributed by atoms with Crippen LogP contribution in [0.2, 0.25) is 0 Å². The van der Waals surface area contributed by atoms with Crippen LogP contribution in [0.15, 0.2) is 55.1 Å². The Morgan fingerprint density at radius 1 is 1.08 bits per heavy atom. The summed E-state index contributed by atoms with van der Waals surface area (Å²) in [5.41, 5.74) is 2.15. The molecule has 1 aliphatic rings. The van der Waals surface area contributed by atoms with Gasteiger partial charge in [-0.15, -0.1) is 0 Å². The van der Waals surface area contributed by atoms with E-state index in [4.69, 9.17) is 0 Å². The summed E-state index contributed by atoms with van der Waals surface area (Å²) < 4.78 is 13.0. The van der Waals surface area contributed by atoms with E-state index in [2.05, 4.69) is 30.2 Å². The third kappa shape index (κ3) is 4.00. The maximum atomic E-state index is 13.0. The third-order valence-corrected chi connectivity index (χ3v) is 4.49. The quantitative estimate of drug-likeness (QED) is 0.762. The lowest BCUT2D eigenvalue weighted by molar-refractivity contribution is 0.326. The first-order valence-corrected chi connectivity index (χ1v) is 8.59. The van der Waals surface area contributed by atoms with Crippen molar-refractivity contribution in [1.82, 2.24) is 24.8 Å². The van der Waals surface area contributed by atoms with Crippen molar-refractivity contribution in [3.05, 3.63) is 72.2 Å². The number of halogens is 1. The van der Waals surface area contributed by atoms with Crippen LogP contribution in [-0.2, 0) is 6.54 Å². The smallest absolute Gasteiger partial charge is 0.228 e. The predicted molar refractivity (Wildman–Crippen MR) is 96.4 cm³/mol. The molecule has 0 bridgehead atoms. The van der Waals surface area contributed by atoms with Crippen molar-refractivity contribution in [2.75, 3.05) is 18.4 Å². The number of hydrogen-bond donors (Lipinski definition) is 1. The first-order valence-electron chi connectivity index (χ1n) is 8.59. The summed E-state index contributed by atoms with van der Waals surface area (Å²) >= 11 is 0. The number of nitrogens with one attached hydrogen (secondary N) is 1. The van der Waals surface area contributed by atoms with Crippen molar-refractivity contribution in [1.29, 1.82) is 0 Å². The van der Waals surface area contributed by atoms with Crippen LogP contribution in [0.3, 0.4) is 0 Å². The molecule has 4 rings (SSSR count). The number of nitrogens with zero attached hydrogens (tertiary/aromatic N) is 5. The normalized spacial score (nSPS) is 17.3. The van der Waals surface area contributed by atoms with E-state index in [0.717, 1.165) is 37.3 Å². The van der Waals surface area contributed by atoms with Gasteiger partial charge in [-0.1, -0.05) is 12.1 Å². The Labute approximate surface area is 151 Å². The Hall–Kier alpha value is -2.93. The Morgan fingerprint density at radius 3 is 2.77 bits per heavy atom. The lowest BCUT2D eigenvalue weighted by Gasteiger charge is -2.16. The molecule has 1 N–H and O–H groups in total. The second-order valence-electron chi connectivity index (χ2n) is 6.37. The van der Waals surface area contributed by atoms with Gasteiger partial charge in [0.05, 0.1) is 11.9 Å². The number of hydrogen-bond acceptors (Lipinski definition) is 6. The van der Waals surface area contributed by atoms with Gasteiger partial charge in [0.15, 0.2) is 5.82 Å². The number of aromatic nitrogens is 4. The zero-order valence-corrected chi connectivity index (χ0v) is 14.2. The minimum Gasteiger partial charge on any atom is -0.307 e. The molecular weight excluding hydrogens is 331 g/mol. The van der Waals surface area contributed by atoms with Gasteiger partial charge in [0.2, 0.25) is 5.95 Å². The zero-order valence-electron chi connectivity index (χ0n) is 14.2. The SMILES string of the molecule is Fc1ccc(CN2CC[C@@H](c3ccnc(Nc4cnccn4)n3)C2)cc1. The van der Waals surface area contributed by atoms with Crippen molar-refractivity contribution in [2.45, 2.75) is 18.9 Å². The van der Waals surface area contributed by atoms with E-state index >= 15 is 0 Å². The Bertz CT molecular complexity index is 855. The summed E-state index contributed by atoms with van der Waals surface area (Å²) in [6.07, 6.45) is 7.69. The van der Waals surface area contributed by atoms with Gasteiger partial charge >= 0.3 is 0 Å². The third-order valence-electron chi connectivity index (χ3n) is 4.49. The van der Waals surface area contributed by atoms with Crippen LogP contribution < -0.4 is 5.32 Å². The Kier molecular flexibility index (Phi) is 4.79. The number of benzene rings is 1. The average Bonchev–Trinajstić information content (AvgIpc) is 3.13. The summed E-state index contributed by atoms with van der Waals surface area (Å²) in [7, 11) is 0. The molecule has 0 saturated carbocycles. The maximum Gasteiger partial charge on any atom is 0.228 e. The van der Waals surface area contributed by atoms with E-state index in [1.54, 1.807) is 24.8 Å². The Morgan fingerprint density at radius 2 is 1.96 bits per heavy atom. The predicted octanol–water partition coefficient (Wildman–Crippen LogP) is 3.14. The van der Waals surface area contributed by atoms with Crippen LogP contribution in [0, 0.1) is 5.82 Å². The molecule has 3 heterocycles. The first kappa shape index (κ1) is 16.5. The van der Waals surface area contributed by atoms with Crippen LogP contribution >= 0.6 is 0 Å². The standard InChI is InChI=1S/C19H19FN6/c20-16-3-1-14(2-4-16)12-26-10-6-15(13-26)17-5-7-23-19(24-17)25-18-11-21-8-9-22-18/h1-5,7-9,11,15H,6,10,12-13H2,(H,22,23,24,25)/t15-/m1/s1. The molecule has 1 atom stereocenters. The summed E-state index contributed by atoms with van der Waals surface area (Å²) in [6.45, 7) is 2.75. The molecule has 1 aromatic carbocycles. The first-order chi connectivity index (χ1) is 12.8. The molecule has 3 aromatic rings. The van der Waals surface area contributed by atoms with E-state index in [0.29, 0.717) is 17.7 Å². The van der Waals surface area contributed by atoms with Gasteiger partial charge in [0, 0.05) is 37.6 Å². The van der Waals surface area contributed by atoms with Gasteiger partial charge in [-0.25, -0.2) is 19.3 Å². The highest BCUT2D eigenvalue weighted by Crippen LogP contribution is 2.27. The molecule has 1 fully saturated rings. The molecule has 0 unspecified atom stereocenters. The highest BCUT2D eigenvalue weighted by molar-refractivity contribution is 5.45. The second-order valence-corrected chi connectivity index (χ2v) is 6.37. The fourth-order valence-corrected chi connectivity index (χ4v) is 3.20. The van der Waals surface area contributed by atoms with Crippen molar-refractivity contribution >= 4 is 11.8 Å². The van der Waals surface area contributed by atoms with Crippen LogP contribution in [-0.4, -0.2) is 37.9 Å². The van der Waals surface area contributed by atoms with Gasteiger partial charge in [-0.3, -0.25) is 9.88 Å². The molecule has 0 spiro atoms. The topological polar surface area (TPSA) is 66.8 Å². The molecule has 26 heavy (non-hydrogen) atoms. The molecular formula is C19H19FN6. The van der Waals surface area contributed by atoms with E-state index < -0.39 is 0 Å². The zero-order chi connectivity index (χ0) is 17.8. The summed E-state index contributed by atoms with van der Waals surface area (Å²) in [6, 6.07) is 8.68. The minimum absolute atomic E-state index is 0.197. The second kappa shape index (κ2) is 7.53. The van der Waals surface area contributed by atoms with Gasteiger partial charge in [-0.05, 0) is 36.7 Å². The van der Waals surface area contributed by atoms with Crippen molar-refractivity contribution in [2.24, 2.45) is 0 Å². The molecule has 0 radical (unpaired) electrons. The molecule has 2 aromatic heterocycles. The fraction of sp³-hybridized carbons (Fsp3) is 0.263. The largest absolute Gasteiger partial charge is 0.307 e. The Balaban J connectivity index is 1.40. The van der Waals surface area contributed by atoms with Gasteiger partial charge < -0.3 is 5.32 Å². The van der Waals surface area contributed by atoms with E-state index in [-0.39, 0.29) is 5.82 Å². The van der Waals surface area contributed by atoms with Crippen LogP contribution in [0.5, 0.6) is 0 Å². The summed E-state index contributed by atoms with van der Waals surface area (Å²) in [5.74, 6) is 1.31. The van der Waals surface area contributed by atoms with Crippen molar-refractivity contribution in [3.8, 4) is 0 Å². The maximum absolute atomic E-state index is 13.0. The number of anilines is 2. The van der Waals surface area contributed by atoms with Gasteiger partial charge in [0.1, 0.15) is 5.82 Å². The number of likely N-dealkylation sites (tertiary alicyclic amines) is 1. The molecule has 132 valence electrons. The van der Waals surface area contributed by atoms with Gasteiger partial charge in [0.25, 0.3) is 0 Å². The molecule has 0 amide bonds. The van der Waals surface area contributed by atoms with Crippen LogP contribution in [0.25, 0.3) is 0 Å². The van der Waals surface area contributed by atoms with Crippen LogP contribution in [0.4, 0.5) is 16.2 Å². The number of rotatable bonds is 5. The van der Waals surface area contributed by atoms with Gasteiger partial charge in [-0.2, -0.15) is 0 Å². The minimum atomic E-state index is -0.197. The molecule has 1 aliphatic heterocycles. The van der Waals surface area contributed by atoms with E-state index in [9.17, 15) is 4.39 Å². The lowest BCUT2D eigenvalue weighted by Crippen LogP contribution is -2.20. The van der Waals surface area contributed by atoms with E-state index in [1.807, 2.05) is 18.2 Å². The van der Waals surface area contributed by atoms with Crippen molar-refractivity contribution < 1.29 is 4.39 Å². The van der Waals surface area contributed by atoms with Crippen molar-refractivity contribution in [3.63, 3.8) is 0 Å². The molecule has 0 aliphatic carbocycles. The monoisotopic (exact) mass is 350 g/mol. The van der Waals surface area contributed by atoms with Crippen LogP contribution in [0.1, 0.15) is 23.6 Å². The lowest BCUT2D eigenvalue weighted by atomic mass is 10.1.